The van der Waals surface area contributed by atoms with E-state index in [-0.39, 0.29) is 11.9 Å². The number of nitrogens with one attached hydrogen (secondary N) is 1. The van der Waals surface area contributed by atoms with Crippen molar-refractivity contribution in [3.8, 4) is 0 Å². The van der Waals surface area contributed by atoms with Gasteiger partial charge in [0.05, 0.1) is 10.4 Å². The van der Waals surface area contributed by atoms with E-state index in [2.05, 4.69) is 14.6 Å². The molecular weight excluding hydrogens is 348 g/mol. The minimum absolute atomic E-state index is 0.0610. The number of carbonyl (C=O) groups excluding carboxylic acids is 1. The van der Waals surface area contributed by atoms with Gasteiger partial charge in [0.2, 0.25) is 0 Å². The van der Waals surface area contributed by atoms with E-state index in [0.717, 1.165) is 54.8 Å². The average molecular weight is 372 g/mol. The van der Waals surface area contributed by atoms with E-state index >= 15 is 0 Å². The zero-order chi connectivity index (χ0) is 17.7. The van der Waals surface area contributed by atoms with Gasteiger partial charge in [-0.25, -0.2) is 0 Å². The molecule has 4 saturated heterocycles. The molecule has 6 rings (SSSR count). The Hall–Kier alpha value is -1.70. The van der Waals surface area contributed by atoms with Crippen molar-refractivity contribution in [2.75, 3.05) is 31.1 Å². The van der Waals surface area contributed by atoms with Gasteiger partial charge in [0, 0.05) is 24.5 Å². The summed E-state index contributed by atoms with van der Waals surface area (Å²) in [6.45, 7) is 4.14. The van der Waals surface area contributed by atoms with Gasteiger partial charge in [0.1, 0.15) is 11.9 Å². The van der Waals surface area contributed by atoms with E-state index < -0.39 is 6.23 Å². The summed E-state index contributed by atoms with van der Waals surface area (Å²) in [5.41, 5.74) is 1.52. The maximum Gasteiger partial charge on any atom is 0.271 e. The zero-order valence-electron chi connectivity index (χ0n) is 14.7. The van der Waals surface area contributed by atoms with Crippen molar-refractivity contribution in [1.82, 2.24) is 14.6 Å². The fraction of sp³-hybridized carbons (Fsp3) is 0.579. The third-order valence-electron chi connectivity index (χ3n) is 6.20. The van der Waals surface area contributed by atoms with Gasteiger partial charge >= 0.3 is 0 Å². The first kappa shape index (κ1) is 16.5. The van der Waals surface area contributed by atoms with Crippen LogP contribution in [0, 0.1) is 5.92 Å². The summed E-state index contributed by atoms with van der Waals surface area (Å²) >= 11 is 1.36. The summed E-state index contributed by atoms with van der Waals surface area (Å²) in [6, 6.07) is 6.19. The fourth-order valence-corrected chi connectivity index (χ4v) is 5.64. The number of aliphatic hydroxyl groups excluding tert-OH is 1. The van der Waals surface area contributed by atoms with Crippen LogP contribution in [0.15, 0.2) is 18.2 Å². The number of amides is 1. The molecule has 6 nitrogen and oxygen atoms in total. The Morgan fingerprint density at radius 2 is 2.08 bits per heavy atom. The monoisotopic (exact) mass is 372 g/mol. The Morgan fingerprint density at radius 3 is 2.77 bits per heavy atom. The van der Waals surface area contributed by atoms with Gasteiger partial charge in [-0.2, -0.15) is 4.37 Å². The molecule has 1 aromatic heterocycles. The highest BCUT2D eigenvalue weighted by Crippen LogP contribution is 2.36. The zero-order valence-corrected chi connectivity index (χ0v) is 15.5. The molecule has 4 aliphatic rings. The highest BCUT2D eigenvalue weighted by molar-refractivity contribution is 7.14. The van der Waals surface area contributed by atoms with Gasteiger partial charge in [-0.05, 0) is 62.3 Å². The molecule has 2 atom stereocenters. The molecule has 138 valence electrons. The maximum atomic E-state index is 12.9. The summed E-state index contributed by atoms with van der Waals surface area (Å²) in [4.78, 5) is 17.4. The van der Waals surface area contributed by atoms with Crippen LogP contribution >= 0.6 is 11.5 Å². The van der Waals surface area contributed by atoms with Crippen LogP contribution in [0.3, 0.4) is 0 Å². The molecule has 2 bridgehead atoms. The molecule has 0 unspecified atom stereocenters. The number of rotatable bonds is 3. The second-order valence-electron chi connectivity index (χ2n) is 7.72. The number of nitrogens with zero attached hydrogens (tertiary/aromatic N) is 3. The first-order valence-corrected chi connectivity index (χ1v) is 10.3. The van der Waals surface area contributed by atoms with Crippen LogP contribution < -0.4 is 10.2 Å². The molecule has 2 aromatic rings. The molecule has 4 aliphatic heterocycles. The lowest BCUT2D eigenvalue weighted by molar-refractivity contribution is 0.0619. The quantitative estimate of drug-likeness (QED) is 0.863. The molecule has 1 amide bonds. The van der Waals surface area contributed by atoms with E-state index in [0.29, 0.717) is 11.6 Å². The van der Waals surface area contributed by atoms with Crippen LogP contribution in [0.25, 0.3) is 10.1 Å². The van der Waals surface area contributed by atoms with Crippen LogP contribution in [0.2, 0.25) is 0 Å². The Labute approximate surface area is 157 Å². The minimum atomic E-state index is -0.438. The number of hydrogen-bond acceptors (Lipinski definition) is 6. The number of benzene rings is 1. The fourth-order valence-electron chi connectivity index (χ4n) is 4.73. The second kappa shape index (κ2) is 6.48. The van der Waals surface area contributed by atoms with Crippen LogP contribution in [0.1, 0.15) is 36.2 Å². The summed E-state index contributed by atoms with van der Waals surface area (Å²) < 4.78 is 5.48. The highest BCUT2D eigenvalue weighted by atomic mass is 32.1. The Kier molecular flexibility index (Phi) is 4.10. The highest BCUT2D eigenvalue weighted by Gasteiger charge is 2.35. The summed E-state index contributed by atoms with van der Waals surface area (Å²) in [5.74, 6) is 0.540. The SMILES string of the molecule is O=C(N[C@@H]1CN2CCC1CC2)c1nsc2c(N3CCC[C@@H]3O)cccc12. The lowest BCUT2D eigenvalue weighted by Gasteiger charge is -2.44. The van der Waals surface area contributed by atoms with Crippen LogP contribution in [0.4, 0.5) is 5.69 Å². The number of anilines is 1. The molecule has 2 N–H and O–H groups in total. The lowest BCUT2D eigenvalue weighted by Crippen LogP contribution is -2.57. The third-order valence-corrected chi connectivity index (χ3v) is 7.08. The number of hydrogen-bond donors (Lipinski definition) is 2. The average Bonchev–Trinajstić information content (AvgIpc) is 3.28. The lowest BCUT2D eigenvalue weighted by atomic mass is 9.84. The molecule has 0 aliphatic carbocycles. The number of fused-ring (bicyclic) bond motifs is 4. The van der Waals surface area contributed by atoms with E-state index in [9.17, 15) is 9.90 Å². The Balaban J connectivity index is 1.42. The number of carbonyl (C=O) groups is 1. The minimum Gasteiger partial charge on any atom is -0.374 e. The Morgan fingerprint density at radius 1 is 1.23 bits per heavy atom. The van der Waals surface area contributed by atoms with E-state index in [1.807, 2.05) is 23.1 Å². The van der Waals surface area contributed by atoms with Crippen molar-refractivity contribution in [3.63, 3.8) is 0 Å². The summed E-state index contributed by atoms with van der Waals surface area (Å²) in [7, 11) is 0. The molecule has 7 heteroatoms. The van der Waals surface area contributed by atoms with Crippen molar-refractivity contribution in [1.29, 1.82) is 0 Å². The Bertz CT molecular complexity index is 830. The molecule has 26 heavy (non-hydrogen) atoms. The molecule has 1 aromatic carbocycles. The molecule has 0 spiro atoms. The van der Waals surface area contributed by atoms with Crippen molar-refractivity contribution in [3.05, 3.63) is 23.9 Å². The largest absolute Gasteiger partial charge is 0.374 e. The molecule has 4 fully saturated rings. The van der Waals surface area contributed by atoms with E-state index in [1.54, 1.807) is 0 Å². The summed E-state index contributed by atoms with van der Waals surface area (Å²) in [5, 5.41) is 14.4. The normalized spacial score (nSPS) is 30.9. The standard InChI is InChI=1S/C19H24N4O2S/c24-16-5-2-8-23(16)15-4-1-3-13-17(21-26-18(13)15)19(25)20-14-11-22-9-6-12(14)7-10-22/h1,3-4,12,14,16,24H,2,5-11H2,(H,20,25)/t14-,16+/m1/s1. The molecular formula is C19H24N4O2S. The van der Waals surface area contributed by atoms with Gasteiger partial charge in [-0.1, -0.05) is 12.1 Å². The van der Waals surface area contributed by atoms with E-state index in [4.69, 9.17) is 0 Å². The van der Waals surface area contributed by atoms with Crippen LogP contribution in [-0.2, 0) is 0 Å². The van der Waals surface area contributed by atoms with Crippen LogP contribution in [0.5, 0.6) is 0 Å². The first-order valence-electron chi connectivity index (χ1n) is 9.57. The predicted octanol–water partition coefficient (Wildman–Crippen LogP) is 2.04. The topological polar surface area (TPSA) is 68.7 Å². The number of aromatic nitrogens is 1. The third kappa shape index (κ3) is 2.69. The first-order chi connectivity index (χ1) is 12.7. The van der Waals surface area contributed by atoms with Crippen LogP contribution in [-0.4, -0.2) is 58.7 Å². The number of piperidine rings is 3. The van der Waals surface area contributed by atoms with Crippen molar-refractivity contribution in [2.45, 2.75) is 38.0 Å². The van der Waals surface area contributed by atoms with Gasteiger partial charge < -0.3 is 20.2 Å². The second-order valence-corrected chi connectivity index (χ2v) is 8.49. The molecule has 5 heterocycles. The van der Waals surface area contributed by atoms with E-state index in [1.165, 1.54) is 24.4 Å². The molecule has 0 saturated carbocycles. The van der Waals surface area contributed by atoms with Crippen molar-refractivity contribution < 1.29 is 9.90 Å². The maximum absolute atomic E-state index is 12.9. The van der Waals surface area contributed by atoms with Crippen molar-refractivity contribution >= 4 is 33.2 Å². The van der Waals surface area contributed by atoms with Gasteiger partial charge in [0.15, 0.2) is 0 Å². The van der Waals surface area contributed by atoms with Crippen molar-refractivity contribution in [2.24, 2.45) is 5.92 Å². The molecule has 0 radical (unpaired) electrons. The number of aliphatic hydroxyl groups is 1. The van der Waals surface area contributed by atoms with Gasteiger partial charge in [-0.3, -0.25) is 4.79 Å². The van der Waals surface area contributed by atoms with Gasteiger partial charge in [-0.15, -0.1) is 0 Å². The van der Waals surface area contributed by atoms with Gasteiger partial charge in [0.25, 0.3) is 5.91 Å². The summed E-state index contributed by atoms with van der Waals surface area (Å²) in [6.07, 6.45) is 3.71. The predicted molar refractivity (Wildman–Crippen MR) is 103 cm³/mol. The smallest absolute Gasteiger partial charge is 0.271 e.